The van der Waals surface area contributed by atoms with Crippen molar-refractivity contribution in [3.63, 3.8) is 0 Å². The van der Waals surface area contributed by atoms with E-state index in [1.54, 1.807) is 18.7 Å². The Bertz CT molecular complexity index is 1010. The second-order valence-electron chi connectivity index (χ2n) is 8.20. The van der Waals surface area contributed by atoms with Gasteiger partial charge < -0.3 is 19.1 Å². The lowest BCUT2D eigenvalue weighted by atomic mass is 9.94. The van der Waals surface area contributed by atoms with Crippen molar-refractivity contribution < 1.29 is 14.3 Å². The van der Waals surface area contributed by atoms with E-state index >= 15 is 0 Å². The fraction of sp³-hybridized carbons (Fsp3) is 0.435. The summed E-state index contributed by atoms with van der Waals surface area (Å²) >= 11 is 0. The smallest absolute Gasteiger partial charge is 0.264 e. The van der Waals surface area contributed by atoms with Crippen molar-refractivity contribution in [1.82, 2.24) is 14.4 Å². The molecule has 30 heavy (non-hydrogen) atoms. The van der Waals surface area contributed by atoms with Crippen LogP contribution in [0.25, 0.3) is 0 Å². The summed E-state index contributed by atoms with van der Waals surface area (Å²) in [7, 11) is 3.31. The molecule has 1 fully saturated rings. The topological polar surface area (TPSA) is 71.9 Å². The van der Waals surface area contributed by atoms with Crippen molar-refractivity contribution in [1.29, 1.82) is 0 Å². The molecule has 2 aliphatic rings. The summed E-state index contributed by atoms with van der Waals surface area (Å²) in [5.41, 5.74) is 2.57. The monoisotopic (exact) mass is 409 g/mol. The Hall–Kier alpha value is -2.93. The Balaban J connectivity index is 1.72. The summed E-state index contributed by atoms with van der Waals surface area (Å²) in [5.74, 6) is -0.285. The summed E-state index contributed by atoms with van der Waals surface area (Å²) < 4.78 is 6.97. The van der Waals surface area contributed by atoms with Crippen LogP contribution < -0.4 is 5.56 Å². The van der Waals surface area contributed by atoms with Gasteiger partial charge in [-0.3, -0.25) is 14.4 Å². The zero-order valence-electron chi connectivity index (χ0n) is 17.5. The van der Waals surface area contributed by atoms with E-state index in [0.717, 1.165) is 23.1 Å². The molecule has 0 saturated carbocycles. The first kappa shape index (κ1) is 20.3. The second kappa shape index (κ2) is 8.44. The van der Waals surface area contributed by atoms with Crippen molar-refractivity contribution in [2.24, 2.45) is 5.92 Å². The van der Waals surface area contributed by atoms with Crippen LogP contribution in [0.2, 0.25) is 0 Å². The molecule has 1 unspecified atom stereocenters. The fourth-order valence-electron chi connectivity index (χ4n) is 4.23. The van der Waals surface area contributed by atoms with Gasteiger partial charge in [-0.05, 0) is 29.5 Å². The predicted molar refractivity (Wildman–Crippen MR) is 112 cm³/mol. The molecule has 7 nitrogen and oxygen atoms in total. The zero-order valence-corrected chi connectivity index (χ0v) is 17.5. The highest BCUT2D eigenvalue weighted by Crippen LogP contribution is 2.25. The van der Waals surface area contributed by atoms with Gasteiger partial charge in [-0.2, -0.15) is 0 Å². The van der Waals surface area contributed by atoms with Crippen LogP contribution in [0.1, 0.15) is 33.5 Å². The van der Waals surface area contributed by atoms with Gasteiger partial charge in [0.2, 0.25) is 5.91 Å². The van der Waals surface area contributed by atoms with Crippen molar-refractivity contribution in [3.05, 3.63) is 69.1 Å². The van der Waals surface area contributed by atoms with Crippen LogP contribution in [0, 0.1) is 5.92 Å². The number of amides is 2. The molecule has 1 aromatic heterocycles. The number of carbonyl (C=O) groups is 2. The lowest BCUT2D eigenvalue weighted by Crippen LogP contribution is -2.43. The second-order valence-corrected chi connectivity index (χ2v) is 8.20. The fourth-order valence-corrected chi connectivity index (χ4v) is 4.23. The number of benzene rings is 1. The number of aromatic nitrogens is 1. The molecular weight excluding hydrogens is 382 g/mol. The Morgan fingerprint density at radius 1 is 1.20 bits per heavy atom. The summed E-state index contributed by atoms with van der Waals surface area (Å²) in [6.45, 7) is 2.40. The van der Waals surface area contributed by atoms with Crippen LogP contribution in [0.15, 0.2) is 41.3 Å². The van der Waals surface area contributed by atoms with Crippen molar-refractivity contribution >= 4 is 11.8 Å². The molecule has 2 aromatic rings. The number of fused-ring (bicyclic) bond motifs is 1. The van der Waals surface area contributed by atoms with Crippen LogP contribution >= 0.6 is 0 Å². The molecule has 1 atom stereocenters. The molecule has 0 aliphatic carbocycles. The molecule has 0 spiro atoms. The van der Waals surface area contributed by atoms with E-state index in [0.29, 0.717) is 39.3 Å². The first-order valence-electron chi connectivity index (χ1n) is 10.3. The third-order valence-electron chi connectivity index (χ3n) is 5.88. The maximum absolute atomic E-state index is 13.2. The highest BCUT2D eigenvalue weighted by Gasteiger charge is 2.32. The maximum atomic E-state index is 13.2. The van der Waals surface area contributed by atoms with Crippen LogP contribution in [0.3, 0.4) is 0 Å². The van der Waals surface area contributed by atoms with E-state index in [1.807, 2.05) is 41.4 Å². The van der Waals surface area contributed by atoms with Gasteiger partial charge in [-0.1, -0.05) is 30.3 Å². The molecule has 7 heteroatoms. The number of hydrogen-bond acceptors (Lipinski definition) is 4. The average Bonchev–Trinajstić information content (AvgIpc) is 3.29. The Morgan fingerprint density at radius 3 is 2.63 bits per heavy atom. The molecule has 1 saturated heterocycles. The van der Waals surface area contributed by atoms with E-state index in [4.69, 9.17) is 4.74 Å². The number of rotatable bonds is 4. The van der Waals surface area contributed by atoms with E-state index < -0.39 is 0 Å². The Morgan fingerprint density at radius 2 is 1.97 bits per heavy atom. The lowest BCUT2D eigenvalue weighted by Gasteiger charge is -2.32. The minimum Gasteiger partial charge on any atom is -0.381 e. The van der Waals surface area contributed by atoms with Crippen molar-refractivity contribution in [2.45, 2.75) is 25.9 Å². The molecule has 3 heterocycles. The van der Waals surface area contributed by atoms with Crippen LogP contribution in [-0.2, 0) is 29.0 Å². The van der Waals surface area contributed by atoms with Gasteiger partial charge in [0, 0.05) is 40.0 Å². The molecule has 2 amide bonds. The van der Waals surface area contributed by atoms with Gasteiger partial charge in [-0.25, -0.2) is 0 Å². The van der Waals surface area contributed by atoms with Crippen LogP contribution in [0.4, 0.5) is 0 Å². The third-order valence-corrected chi connectivity index (χ3v) is 5.88. The molecular formula is C23H27N3O4. The van der Waals surface area contributed by atoms with Crippen molar-refractivity contribution in [3.8, 4) is 0 Å². The number of carbonyl (C=O) groups excluding carboxylic acids is 2. The Kier molecular flexibility index (Phi) is 5.72. The molecule has 1 aromatic carbocycles. The largest absolute Gasteiger partial charge is 0.381 e. The van der Waals surface area contributed by atoms with Gasteiger partial charge in [0.15, 0.2) is 0 Å². The Labute approximate surface area is 175 Å². The van der Waals surface area contributed by atoms with Crippen molar-refractivity contribution in [2.75, 3.05) is 33.9 Å². The van der Waals surface area contributed by atoms with Crippen LogP contribution in [-0.4, -0.2) is 60.0 Å². The number of nitrogens with zero attached hydrogens (tertiary/aromatic N) is 3. The number of hydrogen-bond donors (Lipinski definition) is 0. The highest BCUT2D eigenvalue weighted by atomic mass is 16.5. The predicted octanol–water partition coefficient (Wildman–Crippen LogP) is 1.52. The summed E-state index contributed by atoms with van der Waals surface area (Å²) in [5, 5.41) is 0. The third kappa shape index (κ3) is 3.89. The minimum absolute atomic E-state index is 0.0929. The normalized spacial score (nSPS) is 18.2. The summed E-state index contributed by atoms with van der Waals surface area (Å²) in [6, 6.07) is 9.68. The van der Waals surface area contributed by atoms with Gasteiger partial charge in [0.1, 0.15) is 5.56 Å². The first-order valence-corrected chi connectivity index (χ1v) is 10.3. The minimum atomic E-state index is -0.289. The number of pyridine rings is 1. The number of ether oxygens (including phenoxy) is 1. The lowest BCUT2D eigenvalue weighted by molar-refractivity contribution is -0.136. The van der Waals surface area contributed by atoms with Gasteiger partial charge >= 0.3 is 0 Å². The van der Waals surface area contributed by atoms with Gasteiger partial charge in [0.25, 0.3) is 11.5 Å². The SMILES string of the molecule is CN(C)C(=O)c1c2c(cn(Cc3ccccc3)c1=O)CN(C(=O)C1CCOC1)CC2. The quantitative estimate of drug-likeness (QED) is 0.768. The molecule has 0 radical (unpaired) electrons. The van der Waals surface area contributed by atoms with E-state index in [1.165, 1.54) is 4.90 Å². The van der Waals surface area contributed by atoms with E-state index in [-0.39, 0.29) is 28.9 Å². The van der Waals surface area contributed by atoms with E-state index in [2.05, 4.69) is 0 Å². The standard InChI is InChI=1S/C23H27N3O4/c1-24(2)22(28)20-19-8-10-25(21(27)17-9-11-30-15-17)13-18(19)14-26(23(20)29)12-16-6-4-3-5-7-16/h3-7,14,17H,8-13,15H2,1-2H3. The molecule has 2 aliphatic heterocycles. The maximum Gasteiger partial charge on any atom is 0.264 e. The highest BCUT2D eigenvalue weighted by molar-refractivity contribution is 5.95. The molecule has 4 rings (SSSR count). The average molecular weight is 409 g/mol. The zero-order chi connectivity index (χ0) is 21.3. The molecule has 0 N–H and O–H groups in total. The van der Waals surface area contributed by atoms with Gasteiger partial charge in [0.05, 0.1) is 19.1 Å². The molecule has 158 valence electrons. The van der Waals surface area contributed by atoms with Crippen LogP contribution in [0.5, 0.6) is 0 Å². The van der Waals surface area contributed by atoms with E-state index in [9.17, 15) is 14.4 Å². The molecule has 0 bridgehead atoms. The summed E-state index contributed by atoms with van der Waals surface area (Å²) in [4.78, 5) is 42.3. The first-order chi connectivity index (χ1) is 14.5. The van der Waals surface area contributed by atoms with Gasteiger partial charge in [-0.15, -0.1) is 0 Å². The summed E-state index contributed by atoms with van der Waals surface area (Å²) in [6.07, 6.45) is 3.08.